The van der Waals surface area contributed by atoms with E-state index in [1.807, 2.05) is 0 Å². The minimum Gasteiger partial charge on any atom is -0.379 e. The van der Waals surface area contributed by atoms with Crippen molar-refractivity contribution in [2.75, 3.05) is 45.9 Å². The van der Waals surface area contributed by atoms with Crippen molar-refractivity contribution >= 4 is 0 Å². The lowest BCUT2D eigenvalue weighted by atomic mass is 9.97. The van der Waals surface area contributed by atoms with E-state index in [-0.39, 0.29) is 0 Å². The van der Waals surface area contributed by atoms with Gasteiger partial charge in [-0.15, -0.1) is 0 Å². The largest absolute Gasteiger partial charge is 0.379 e. The number of nitrogens with zero attached hydrogens (tertiary/aromatic N) is 1. The Morgan fingerprint density at radius 1 is 1.43 bits per heavy atom. The number of ether oxygens (including phenoxy) is 1. The zero-order valence-electron chi connectivity index (χ0n) is 8.74. The second-order valence-electron chi connectivity index (χ2n) is 4.20. The SMILES string of the molecule is NCC(C1CCNC1)N1CCOCC1. The molecular weight excluding hydrogens is 178 g/mol. The molecule has 0 saturated carbocycles. The summed E-state index contributed by atoms with van der Waals surface area (Å²) in [6.45, 7) is 6.93. The number of hydrogen-bond donors (Lipinski definition) is 2. The van der Waals surface area contributed by atoms with Crippen LogP contribution in [-0.4, -0.2) is 56.9 Å². The number of morpholine rings is 1. The Balaban J connectivity index is 1.89. The Morgan fingerprint density at radius 2 is 2.21 bits per heavy atom. The summed E-state index contributed by atoms with van der Waals surface area (Å²) in [6, 6.07) is 0.564. The minimum atomic E-state index is 0.564. The van der Waals surface area contributed by atoms with Gasteiger partial charge in [0.2, 0.25) is 0 Å². The van der Waals surface area contributed by atoms with Crippen molar-refractivity contribution in [1.29, 1.82) is 0 Å². The average molecular weight is 199 g/mol. The Bertz CT molecular complexity index is 165. The smallest absolute Gasteiger partial charge is 0.0594 e. The summed E-state index contributed by atoms with van der Waals surface area (Å²) in [7, 11) is 0. The lowest BCUT2D eigenvalue weighted by molar-refractivity contribution is 0.00689. The van der Waals surface area contributed by atoms with Gasteiger partial charge in [0.1, 0.15) is 0 Å². The maximum absolute atomic E-state index is 5.87. The predicted octanol–water partition coefficient (Wildman–Crippen LogP) is -0.745. The van der Waals surface area contributed by atoms with E-state index in [1.54, 1.807) is 0 Å². The summed E-state index contributed by atoms with van der Waals surface area (Å²) >= 11 is 0. The molecule has 4 nitrogen and oxygen atoms in total. The van der Waals surface area contributed by atoms with E-state index in [2.05, 4.69) is 10.2 Å². The van der Waals surface area contributed by atoms with Gasteiger partial charge in [-0.25, -0.2) is 0 Å². The molecular formula is C10H21N3O. The third kappa shape index (κ3) is 2.25. The second-order valence-corrected chi connectivity index (χ2v) is 4.20. The van der Waals surface area contributed by atoms with Crippen LogP contribution in [0.5, 0.6) is 0 Å². The van der Waals surface area contributed by atoms with Crippen LogP contribution in [0.15, 0.2) is 0 Å². The van der Waals surface area contributed by atoms with E-state index < -0.39 is 0 Å². The van der Waals surface area contributed by atoms with Gasteiger partial charge in [-0.3, -0.25) is 4.90 Å². The van der Waals surface area contributed by atoms with Crippen molar-refractivity contribution in [3.8, 4) is 0 Å². The Labute approximate surface area is 85.8 Å². The number of hydrogen-bond acceptors (Lipinski definition) is 4. The molecule has 0 aliphatic carbocycles. The highest BCUT2D eigenvalue weighted by atomic mass is 16.5. The maximum Gasteiger partial charge on any atom is 0.0594 e. The molecule has 0 aromatic carbocycles. The van der Waals surface area contributed by atoms with Crippen molar-refractivity contribution in [3.05, 3.63) is 0 Å². The molecule has 0 amide bonds. The fourth-order valence-corrected chi connectivity index (χ4v) is 2.55. The van der Waals surface area contributed by atoms with Crippen molar-refractivity contribution in [3.63, 3.8) is 0 Å². The molecule has 2 aliphatic heterocycles. The van der Waals surface area contributed by atoms with Crippen LogP contribution in [0.25, 0.3) is 0 Å². The van der Waals surface area contributed by atoms with Crippen LogP contribution in [0.2, 0.25) is 0 Å². The zero-order valence-corrected chi connectivity index (χ0v) is 8.74. The van der Waals surface area contributed by atoms with E-state index in [9.17, 15) is 0 Å². The average Bonchev–Trinajstić information content (AvgIpc) is 2.74. The van der Waals surface area contributed by atoms with Crippen molar-refractivity contribution < 1.29 is 4.74 Å². The van der Waals surface area contributed by atoms with Crippen LogP contribution in [0, 0.1) is 5.92 Å². The quantitative estimate of drug-likeness (QED) is 0.628. The summed E-state index contributed by atoms with van der Waals surface area (Å²) in [4.78, 5) is 2.50. The highest BCUT2D eigenvalue weighted by Crippen LogP contribution is 2.18. The highest BCUT2D eigenvalue weighted by molar-refractivity contribution is 4.86. The van der Waals surface area contributed by atoms with Gasteiger partial charge in [0.15, 0.2) is 0 Å². The molecule has 3 N–H and O–H groups in total. The maximum atomic E-state index is 5.87. The van der Waals surface area contributed by atoms with E-state index in [0.29, 0.717) is 6.04 Å². The summed E-state index contributed by atoms with van der Waals surface area (Å²) < 4.78 is 5.36. The van der Waals surface area contributed by atoms with Crippen LogP contribution < -0.4 is 11.1 Å². The lowest BCUT2D eigenvalue weighted by Gasteiger charge is -2.36. The summed E-state index contributed by atoms with van der Waals surface area (Å²) in [6.07, 6.45) is 1.28. The zero-order chi connectivity index (χ0) is 9.80. The van der Waals surface area contributed by atoms with Crippen molar-refractivity contribution in [1.82, 2.24) is 10.2 Å². The molecule has 2 fully saturated rings. The van der Waals surface area contributed by atoms with Crippen molar-refractivity contribution in [2.45, 2.75) is 12.5 Å². The molecule has 0 aromatic rings. The fraction of sp³-hybridized carbons (Fsp3) is 1.00. The summed E-state index contributed by atoms with van der Waals surface area (Å²) in [5, 5.41) is 3.41. The van der Waals surface area contributed by atoms with Crippen LogP contribution in [0.4, 0.5) is 0 Å². The molecule has 4 heteroatoms. The number of rotatable bonds is 3. The molecule has 2 heterocycles. The van der Waals surface area contributed by atoms with Gasteiger partial charge in [0.25, 0.3) is 0 Å². The summed E-state index contributed by atoms with van der Waals surface area (Å²) in [5.74, 6) is 0.748. The Kier molecular flexibility index (Phi) is 3.75. The molecule has 14 heavy (non-hydrogen) atoms. The first kappa shape index (κ1) is 10.4. The van der Waals surface area contributed by atoms with Crippen LogP contribution in [0.1, 0.15) is 6.42 Å². The predicted molar refractivity (Wildman–Crippen MR) is 56.2 cm³/mol. The standard InChI is InChI=1S/C10H21N3O/c11-7-10(9-1-2-12-8-9)13-3-5-14-6-4-13/h9-10,12H,1-8,11H2. The Morgan fingerprint density at radius 3 is 2.79 bits per heavy atom. The Hall–Kier alpha value is -0.160. The highest BCUT2D eigenvalue weighted by Gasteiger charge is 2.29. The third-order valence-electron chi connectivity index (χ3n) is 3.40. The molecule has 0 bridgehead atoms. The first-order chi connectivity index (χ1) is 6.92. The minimum absolute atomic E-state index is 0.564. The first-order valence-electron chi connectivity index (χ1n) is 5.64. The van der Waals surface area contributed by atoms with E-state index in [0.717, 1.165) is 51.9 Å². The molecule has 0 radical (unpaired) electrons. The van der Waals surface area contributed by atoms with Gasteiger partial charge in [-0.05, 0) is 25.4 Å². The first-order valence-corrected chi connectivity index (χ1v) is 5.64. The monoisotopic (exact) mass is 199 g/mol. The van der Waals surface area contributed by atoms with Crippen LogP contribution in [0.3, 0.4) is 0 Å². The number of nitrogens with two attached hydrogens (primary N) is 1. The fourth-order valence-electron chi connectivity index (χ4n) is 2.55. The van der Waals surface area contributed by atoms with Crippen LogP contribution >= 0.6 is 0 Å². The van der Waals surface area contributed by atoms with Gasteiger partial charge in [0, 0.05) is 25.7 Å². The van der Waals surface area contributed by atoms with Gasteiger partial charge in [-0.1, -0.05) is 0 Å². The molecule has 2 saturated heterocycles. The number of nitrogens with one attached hydrogen (secondary N) is 1. The lowest BCUT2D eigenvalue weighted by Crippen LogP contribution is -2.50. The summed E-state index contributed by atoms with van der Waals surface area (Å²) in [5.41, 5.74) is 5.87. The molecule has 2 unspecified atom stereocenters. The topological polar surface area (TPSA) is 50.5 Å². The van der Waals surface area contributed by atoms with Gasteiger partial charge in [-0.2, -0.15) is 0 Å². The molecule has 0 spiro atoms. The van der Waals surface area contributed by atoms with Crippen molar-refractivity contribution in [2.24, 2.45) is 11.7 Å². The van der Waals surface area contributed by atoms with E-state index in [4.69, 9.17) is 10.5 Å². The van der Waals surface area contributed by atoms with E-state index >= 15 is 0 Å². The molecule has 2 atom stereocenters. The van der Waals surface area contributed by atoms with Crippen LogP contribution in [-0.2, 0) is 4.74 Å². The molecule has 82 valence electrons. The van der Waals surface area contributed by atoms with E-state index in [1.165, 1.54) is 6.42 Å². The van der Waals surface area contributed by atoms with Gasteiger partial charge in [0.05, 0.1) is 13.2 Å². The van der Waals surface area contributed by atoms with Gasteiger partial charge >= 0.3 is 0 Å². The molecule has 2 rings (SSSR count). The van der Waals surface area contributed by atoms with Gasteiger partial charge < -0.3 is 15.8 Å². The molecule has 2 aliphatic rings. The normalized spacial score (nSPS) is 31.9. The second kappa shape index (κ2) is 5.07. The third-order valence-corrected chi connectivity index (χ3v) is 3.40. The molecule has 0 aromatic heterocycles.